The number of aromatic amines is 1. The van der Waals surface area contributed by atoms with E-state index in [1.165, 1.54) is 24.1 Å². The molecule has 3 aromatic rings. The minimum Gasteiger partial charge on any atom is -0.495 e. The highest BCUT2D eigenvalue weighted by Gasteiger charge is 2.18. The van der Waals surface area contributed by atoms with E-state index in [4.69, 9.17) is 4.74 Å². The Morgan fingerprint density at radius 2 is 1.90 bits per heavy atom. The van der Waals surface area contributed by atoms with Crippen LogP contribution in [0.4, 0.5) is 4.39 Å². The molecule has 0 aliphatic carbocycles. The maximum Gasteiger partial charge on any atom is 0.255 e. The number of hydrogen-bond donors (Lipinski definition) is 2. The van der Waals surface area contributed by atoms with Gasteiger partial charge in [0.15, 0.2) is 0 Å². The average molecular weight is 424 g/mol. The molecule has 3 rings (SSSR count). The van der Waals surface area contributed by atoms with E-state index in [9.17, 15) is 14.0 Å². The van der Waals surface area contributed by atoms with Crippen molar-refractivity contribution in [3.63, 3.8) is 0 Å². The van der Waals surface area contributed by atoms with Gasteiger partial charge < -0.3 is 15.0 Å². The van der Waals surface area contributed by atoms with E-state index in [-0.39, 0.29) is 17.6 Å². The van der Waals surface area contributed by atoms with Crippen molar-refractivity contribution in [1.29, 1.82) is 0 Å². The van der Waals surface area contributed by atoms with Gasteiger partial charge in [0.2, 0.25) is 5.91 Å². The largest absolute Gasteiger partial charge is 0.495 e. The van der Waals surface area contributed by atoms with Crippen molar-refractivity contribution < 1.29 is 18.7 Å². The quantitative estimate of drug-likeness (QED) is 0.542. The first kappa shape index (κ1) is 22.0. The number of hydrogen-bond acceptors (Lipinski definition) is 4. The Bertz CT molecular complexity index is 1100. The third-order valence-electron chi connectivity index (χ3n) is 4.81. The first-order valence-corrected chi connectivity index (χ1v) is 9.87. The highest BCUT2D eigenvalue weighted by molar-refractivity contribution is 6.05. The number of ether oxygens (including phenoxy) is 1. The summed E-state index contributed by atoms with van der Waals surface area (Å²) >= 11 is 0. The van der Waals surface area contributed by atoms with Gasteiger partial charge >= 0.3 is 0 Å². The molecule has 0 aliphatic rings. The summed E-state index contributed by atoms with van der Waals surface area (Å²) in [7, 11) is 4.91. The van der Waals surface area contributed by atoms with Crippen LogP contribution in [0.1, 0.15) is 34.5 Å². The van der Waals surface area contributed by atoms with Crippen molar-refractivity contribution in [2.24, 2.45) is 0 Å². The van der Waals surface area contributed by atoms with Crippen LogP contribution in [-0.2, 0) is 4.79 Å². The van der Waals surface area contributed by atoms with Crippen molar-refractivity contribution in [1.82, 2.24) is 20.4 Å². The SMILES string of the molecule is COc1c(C(=O)NCCCC(=O)N(C)C)ccc2n[nH]c(/C=C/c3ccc(F)cc3)c12. The van der Waals surface area contributed by atoms with Crippen LogP contribution < -0.4 is 10.1 Å². The average Bonchev–Trinajstić information content (AvgIpc) is 3.18. The van der Waals surface area contributed by atoms with Gasteiger partial charge in [-0.3, -0.25) is 14.7 Å². The van der Waals surface area contributed by atoms with Crippen molar-refractivity contribution in [3.05, 3.63) is 59.0 Å². The molecule has 1 aromatic heterocycles. The predicted octanol–water partition coefficient (Wildman–Crippen LogP) is 3.48. The summed E-state index contributed by atoms with van der Waals surface area (Å²) in [6.45, 7) is 0.377. The number of halogens is 1. The maximum atomic E-state index is 13.1. The third-order valence-corrected chi connectivity index (χ3v) is 4.81. The second-order valence-electron chi connectivity index (χ2n) is 7.21. The second kappa shape index (κ2) is 9.88. The van der Waals surface area contributed by atoms with Gasteiger partial charge in [0.25, 0.3) is 5.91 Å². The molecule has 7 nitrogen and oxygen atoms in total. The number of benzene rings is 2. The van der Waals surface area contributed by atoms with E-state index in [1.807, 2.05) is 6.08 Å². The summed E-state index contributed by atoms with van der Waals surface area (Å²) in [5.41, 5.74) is 2.53. The summed E-state index contributed by atoms with van der Waals surface area (Å²) in [5.74, 6) is -0.158. The lowest BCUT2D eigenvalue weighted by Gasteiger charge is -2.12. The van der Waals surface area contributed by atoms with Gasteiger partial charge in [0, 0.05) is 27.1 Å². The van der Waals surface area contributed by atoms with Crippen LogP contribution in [0.2, 0.25) is 0 Å². The Kier molecular flexibility index (Phi) is 7.02. The minimum atomic E-state index is -0.299. The number of methoxy groups -OCH3 is 1. The highest BCUT2D eigenvalue weighted by Crippen LogP contribution is 2.32. The van der Waals surface area contributed by atoms with E-state index in [0.717, 1.165) is 5.56 Å². The molecule has 0 bridgehead atoms. The fraction of sp³-hybridized carbons (Fsp3) is 0.261. The van der Waals surface area contributed by atoms with Gasteiger partial charge in [-0.05, 0) is 42.3 Å². The number of nitrogens with zero attached hydrogens (tertiary/aromatic N) is 2. The van der Waals surface area contributed by atoms with Crippen molar-refractivity contribution in [3.8, 4) is 5.75 Å². The number of H-pyrrole nitrogens is 1. The molecular weight excluding hydrogens is 399 g/mol. The number of amides is 2. The zero-order valence-electron chi connectivity index (χ0n) is 17.7. The number of fused-ring (bicyclic) bond motifs is 1. The van der Waals surface area contributed by atoms with Crippen molar-refractivity contribution >= 4 is 34.9 Å². The van der Waals surface area contributed by atoms with E-state index in [1.54, 1.807) is 44.4 Å². The smallest absolute Gasteiger partial charge is 0.255 e. The first-order chi connectivity index (χ1) is 14.9. The lowest BCUT2D eigenvalue weighted by molar-refractivity contribution is -0.128. The van der Waals surface area contributed by atoms with Crippen molar-refractivity contribution in [2.75, 3.05) is 27.7 Å². The Morgan fingerprint density at radius 3 is 2.58 bits per heavy atom. The minimum absolute atomic E-state index is 0.0178. The van der Waals surface area contributed by atoms with Gasteiger partial charge in [-0.25, -0.2) is 4.39 Å². The molecular formula is C23H25FN4O3. The van der Waals surface area contributed by atoms with Crippen LogP contribution in [0.15, 0.2) is 36.4 Å². The van der Waals surface area contributed by atoms with Crippen LogP contribution in [0.25, 0.3) is 23.1 Å². The van der Waals surface area contributed by atoms with E-state index in [0.29, 0.717) is 47.3 Å². The molecule has 0 unspecified atom stereocenters. The van der Waals surface area contributed by atoms with Crippen LogP contribution in [0.5, 0.6) is 5.75 Å². The first-order valence-electron chi connectivity index (χ1n) is 9.87. The number of rotatable bonds is 8. The normalized spacial score (nSPS) is 11.1. The Hall–Kier alpha value is -3.68. The fourth-order valence-electron chi connectivity index (χ4n) is 3.13. The molecule has 31 heavy (non-hydrogen) atoms. The molecule has 1 heterocycles. The van der Waals surface area contributed by atoms with Crippen molar-refractivity contribution in [2.45, 2.75) is 12.8 Å². The highest BCUT2D eigenvalue weighted by atomic mass is 19.1. The summed E-state index contributed by atoms with van der Waals surface area (Å²) in [5, 5.41) is 10.7. The molecule has 0 saturated heterocycles. The molecule has 0 spiro atoms. The molecule has 2 aromatic carbocycles. The molecule has 0 fully saturated rings. The van der Waals surface area contributed by atoms with Gasteiger partial charge in [-0.15, -0.1) is 0 Å². The third kappa shape index (κ3) is 5.28. The molecule has 0 saturated carbocycles. The van der Waals surface area contributed by atoms with Gasteiger partial charge in [0.1, 0.15) is 11.6 Å². The lowest BCUT2D eigenvalue weighted by Crippen LogP contribution is -2.27. The zero-order chi connectivity index (χ0) is 22.4. The molecule has 2 N–H and O–H groups in total. The standard InChI is InChI=1S/C23H25FN4O3/c1-28(2)20(29)5-4-14-25-23(30)17-11-13-19-21(22(17)31-3)18(26-27-19)12-8-15-6-9-16(24)10-7-15/h6-13H,4-5,14H2,1-3H3,(H,25,30)(H,26,27)/b12-8+. The van der Waals surface area contributed by atoms with Gasteiger partial charge in [-0.1, -0.05) is 18.2 Å². The number of nitrogens with one attached hydrogen (secondary N) is 2. The van der Waals surface area contributed by atoms with E-state index in [2.05, 4.69) is 15.5 Å². The monoisotopic (exact) mass is 424 g/mol. The second-order valence-corrected chi connectivity index (χ2v) is 7.21. The summed E-state index contributed by atoms with van der Waals surface area (Å²) in [6.07, 6.45) is 4.54. The van der Waals surface area contributed by atoms with E-state index >= 15 is 0 Å². The maximum absolute atomic E-state index is 13.1. The summed E-state index contributed by atoms with van der Waals surface area (Å²) in [4.78, 5) is 25.9. The number of carbonyl (C=O) groups is 2. The fourth-order valence-corrected chi connectivity index (χ4v) is 3.13. The lowest BCUT2D eigenvalue weighted by atomic mass is 10.1. The predicted molar refractivity (Wildman–Crippen MR) is 118 cm³/mol. The Balaban J connectivity index is 1.80. The van der Waals surface area contributed by atoms with Gasteiger partial charge in [0.05, 0.1) is 29.3 Å². The summed E-state index contributed by atoms with van der Waals surface area (Å²) < 4.78 is 18.7. The van der Waals surface area contributed by atoms with Gasteiger partial charge in [-0.2, -0.15) is 5.10 Å². The molecule has 8 heteroatoms. The van der Waals surface area contributed by atoms with E-state index < -0.39 is 0 Å². The molecule has 0 aliphatic heterocycles. The Labute approximate surface area is 179 Å². The summed E-state index contributed by atoms with van der Waals surface area (Å²) in [6, 6.07) is 9.52. The topological polar surface area (TPSA) is 87.3 Å². The number of aromatic nitrogens is 2. The number of carbonyl (C=O) groups excluding carboxylic acids is 2. The van der Waals surface area contributed by atoms with Crippen LogP contribution in [0, 0.1) is 5.82 Å². The molecule has 2 amide bonds. The molecule has 162 valence electrons. The molecule has 0 atom stereocenters. The van der Waals surface area contributed by atoms with Crippen LogP contribution >= 0.6 is 0 Å². The Morgan fingerprint density at radius 1 is 1.16 bits per heavy atom. The molecule has 0 radical (unpaired) electrons. The zero-order valence-corrected chi connectivity index (χ0v) is 17.7. The van der Waals surface area contributed by atoms with Crippen LogP contribution in [0.3, 0.4) is 0 Å². The van der Waals surface area contributed by atoms with Crippen LogP contribution in [-0.4, -0.2) is 54.7 Å².